The molecule has 0 aromatic rings. The van der Waals surface area contributed by atoms with Crippen molar-refractivity contribution in [1.82, 2.24) is 0 Å². The van der Waals surface area contributed by atoms with Gasteiger partial charge in [0.1, 0.15) is 0 Å². The van der Waals surface area contributed by atoms with Gasteiger partial charge in [-0.1, -0.05) is 13.0 Å². The molecule has 0 rings (SSSR count). The molecule has 0 spiro atoms. The van der Waals surface area contributed by atoms with E-state index in [9.17, 15) is 5.11 Å². The van der Waals surface area contributed by atoms with E-state index in [-0.39, 0.29) is 6.10 Å². The van der Waals surface area contributed by atoms with E-state index in [0.29, 0.717) is 0 Å². The zero-order valence-corrected chi connectivity index (χ0v) is 7.36. The second kappa shape index (κ2) is 7.16. The predicted octanol–water partition coefficient (Wildman–Crippen LogP) is 2.07. The van der Waals surface area contributed by atoms with Gasteiger partial charge < -0.3 is 5.11 Å². The fraction of sp³-hybridized carbons (Fsp3) is 0.750. The summed E-state index contributed by atoms with van der Waals surface area (Å²) in [6.07, 6.45) is 3.49. The lowest BCUT2D eigenvalue weighted by atomic mass is 10.2. The third-order valence-electron chi connectivity index (χ3n) is 1.22. The number of thioether (sulfide) groups is 1. The Morgan fingerprint density at radius 1 is 1.70 bits per heavy atom. The summed E-state index contributed by atoms with van der Waals surface area (Å²) in [5.41, 5.74) is 0. The van der Waals surface area contributed by atoms with Crippen LogP contribution in [0.1, 0.15) is 19.8 Å². The van der Waals surface area contributed by atoms with Gasteiger partial charge in [-0.05, 0) is 18.6 Å². The van der Waals surface area contributed by atoms with Crippen LogP contribution in [0, 0.1) is 0 Å². The molecule has 10 heavy (non-hydrogen) atoms. The van der Waals surface area contributed by atoms with Crippen LogP contribution in [0.15, 0.2) is 12.7 Å². The Labute approximate surface area is 67.5 Å². The maximum atomic E-state index is 9.24. The summed E-state index contributed by atoms with van der Waals surface area (Å²) in [6, 6.07) is 0. The minimum Gasteiger partial charge on any atom is -0.392 e. The van der Waals surface area contributed by atoms with Crippen LogP contribution in [0.5, 0.6) is 0 Å². The van der Waals surface area contributed by atoms with E-state index in [4.69, 9.17) is 0 Å². The summed E-state index contributed by atoms with van der Waals surface area (Å²) >= 11 is 1.78. The molecular formula is C8H16OS. The topological polar surface area (TPSA) is 20.2 Å². The average Bonchev–Trinajstić information content (AvgIpc) is 1.97. The van der Waals surface area contributed by atoms with Crippen molar-refractivity contribution in [3.8, 4) is 0 Å². The monoisotopic (exact) mass is 160 g/mol. The molecule has 2 heteroatoms. The Morgan fingerprint density at radius 3 is 2.90 bits per heavy atom. The molecule has 0 fully saturated rings. The maximum absolute atomic E-state index is 9.24. The number of hydrogen-bond acceptors (Lipinski definition) is 2. The Bertz CT molecular complexity index is 83.3. The number of hydrogen-bond donors (Lipinski definition) is 1. The third kappa shape index (κ3) is 6.17. The second-order valence-electron chi connectivity index (χ2n) is 2.18. The molecular weight excluding hydrogens is 144 g/mol. The van der Waals surface area contributed by atoms with E-state index in [1.54, 1.807) is 11.8 Å². The van der Waals surface area contributed by atoms with E-state index < -0.39 is 0 Å². The van der Waals surface area contributed by atoms with Crippen molar-refractivity contribution in [2.24, 2.45) is 0 Å². The number of rotatable bonds is 6. The molecule has 1 atom stereocenters. The molecule has 1 nitrogen and oxygen atoms in total. The number of aliphatic hydroxyl groups is 1. The Hall–Kier alpha value is 0.0500. The zero-order valence-electron chi connectivity index (χ0n) is 6.55. The van der Waals surface area contributed by atoms with Crippen molar-refractivity contribution in [3.63, 3.8) is 0 Å². The van der Waals surface area contributed by atoms with Crippen molar-refractivity contribution in [2.75, 3.05) is 11.5 Å². The standard InChI is InChI=1S/C8H16OS/c1-3-5-6-8(9)7-10-4-2/h3,8-9H,1,4-7H2,2H3. The highest BCUT2D eigenvalue weighted by molar-refractivity contribution is 7.99. The Morgan fingerprint density at radius 2 is 2.40 bits per heavy atom. The summed E-state index contributed by atoms with van der Waals surface area (Å²) in [6.45, 7) is 5.70. The molecule has 0 aliphatic heterocycles. The first kappa shape index (κ1) is 10.0. The average molecular weight is 160 g/mol. The highest BCUT2D eigenvalue weighted by Gasteiger charge is 2.00. The van der Waals surface area contributed by atoms with Gasteiger partial charge in [-0.2, -0.15) is 11.8 Å². The summed E-state index contributed by atoms with van der Waals surface area (Å²) < 4.78 is 0. The van der Waals surface area contributed by atoms with Gasteiger partial charge in [0.05, 0.1) is 6.10 Å². The lowest BCUT2D eigenvalue weighted by molar-refractivity contribution is 0.190. The van der Waals surface area contributed by atoms with Crippen molar-refractivity contribution in [3.05, 3.63) is 12.7 Å². The maximum Gasteiger partial charge on any atom is 0.0633 e. The van der Waals surface area contributed by atoms with E-state index in [0.717, 1.165) is 24.3 Å². The van der Waals surface area contributed by atoms with Gasteiger partial charge in [-0.25, -0.2) is 0 Å². The minimum atomic E-state index is -0.136. The van der Waals surface area contributed by atoms with Crippen molar-refractivity contribution < 1.29 is 5.11 Å². The fourth-order valence-electron chi connectivity index (χ4n) is 0.647. The van der Waals surface area contributed by atoms with Crippen molar-refractivity contribution in [1.29, 1.82) is 0 Å². The molecule has 60 valence electrons. The molecule has 0 amide bonds. The molecule has 0 heterocycles. The van der Waals surface area contributed by atoms with Gasteiger partial charge >= 0.3 is 0 Å². The van der Waals surface area contributed by atoms with Crippen LogP contribution in [-0.4, -0.2) is 22.7 Å². The van der Waals surface area contributed by atoms with E-state index in [1.165, 1.54) is 0 Å². The lowest BCUT2D eigenvalue weighted by Crippen LogP contribution is -2.08. The molecule has 0 radical (unpaired) electrons. The molecule has 0 bridgehead atoms. The van der Waals surface area contributed by atoms with Gasteiger partial charge in [0.25, 0.3) is 0 Å². The van der Waals surface area contributed by atoms with E-state index in [2.05, 4.69) is 13.5 Å². The van der Waals surface area contributed by atoms with Crippen LogP contribution >= 0.6 is 11.8 Å². The van der Waals surface area contributed by atoms with Gasteiger partial charge in [0.2, 0.25) is 0 Å². The number of allylic oxidation sites excluding steroid dienone is 1. The van der Waals surface area contributed by atoms with Crippen LogP contribution in [0.25, 0.3) is 0 Å². The minimum absolute atomic E-state index is 0.136. The molecule has 0 aliphatic carbocycles. The second-order valence-corrected chi connectivity index (χ2v) is 3.50. The van der Waals surface area contributed by atoms with Gasteiger partial charge in [0.15, 0.2) is 0 Å². The van der Waals surface area contributed by atoms with Crippen LogP contribution in [0.2, 0.25) is 0 Å². The molecule has 0 aliphatic rings. The van der Waals surface area contributed by atoms with Gasteiger partial charge in [-0.15, -0.1) is 6.58 Å². The van der Waals surface area contributed by atoms with Crippen LogP contribution < -0.4 is 0 Å². The zero-order chi connectivity index (χ0) is 7.82. The first-order valence-electron chi connectivity index (χ1n) is 3.68. The first-order valence-corrected chi connectivity index (χ1v) is 4.83. The van der Waals surface area contributed by atoms with Gasteiger partial charge in [0, 0.05) is 5.75 Å². The van der Waals surface area contributed by atoms with Crippen molar-refractivity contribution >= 4 is 11.8 Å². The molecule has 0 saturated carbocycles. The van der Waals surface area contributed by atoms with E-state index in [1.807, 2.05) is 6.08 Å². The summed E-state index contributed by atoms with van der Waals surface area (Å²) in [7, 11) is 0. The first-order chi connectivity index (χ1) is 4.81. The quantitative estimate of drug-likeness (QED) is 0.600. The normalized spacial score (nSPS) is 13.0. The summed E-state index contributed by atoms with van der Waals surface area (Å²) in [5.74, 6) is 1.95. The predicted molar refractivity (Wildman–Crippen MR) is 48.4 cm³/mol. The van der Waals surface area contributed by atoms with Crippen LogP contribution in [0.4, 0.5) is 0 Å². The molecule has 1 unspecified atom stereocenters. The van der Waals surface area contributed by atoms with Crippen LogP contribution in [-0.2, 0) is 0 Å². The lowest BCUT2D eigenvalue weighted by Gasteiger charge is -2.06. The molecule has 0 aromatic heterocycles. The molecule has 0 saturated heterocycles. The third-order valence-corrected chi connectivity index (χ3v) is 2.25. The van der Waals surface area contributed by atoms with E-state index >= 15 is 0 Å². The summed E-state index contributed by atoms with van der Waals surface area (Å²) in [4.78, 5) is 0. The SMILES string of the molecule is C=CCCC(O)CSCC. The van der Waals surface area contributed by atoms with Crippen molar-refractivity contribution in [2.45, 2.75) is 25.9 Å². The highest BCUT2D eigenvalue weighted by atomic mass is 32.2. The molecule has 0 aromatic carbocycles. The summed E-state index contributed by atoms with van der Waals surface area (Å²) in [5, 5.41) is 9.24. The largest absolute Gasteiger partial charge is 0.392 e. The van der Waals surface area contributed by atoms with Crippen LogP contribution in [0.3, 0.4) is 0 Å². The Balaban J connectivity index is 3.07. The Kier molecular flexibility index (Phi) is 7.20. The fourth-order valence-corrected chi connectivity index (χ4v) is 1.32. The van der Waals surface area contributed by atoms with Gasteiger partial charge in [-0.3, -0.25) is 0 Å². The smallest absolute Gasteiger partial charge is 0.0633 e. The number of aliphatic hydroxyl groups excluding tert-OH is 1. The molecule has 1 N–H and O–H groups in total. The highest BCUT2D eigenvalue weighted by Crippen LogP contribution is 2.06.